The van der Waals surface area contributed by atoms with Crippen molar-refractivity contribution in [3.8, 4) is 0 Å². The minimum atomic E-state index is 0.639. The first-order valence-electron chi connectivity index (χ1n) is 9.15. The molecule has 0 amide bonds. The van der Waals surface area contributed by atoms with Crippen LogP contribution in [0, 0.1) is 5.92 Å². The van der Waals surface area contributed by atoms with Gasteiger partial charge in [-0.25, -0.2) is 4.98 Å². The van der Waals surface area contributed by atoms with Crippen LogP contribution in [0.25, 0.3) is 5.70 Å². The smallest absolute Gasteiger partial charge is 0.130 e. The molecular formula is C21H24ClN3. The Morgan fingerprint density at radius 2 is 2.04 bits per heavy atom. The first-order chi connectivity index (χ1) is 12.2. The lowest BCUT2D eigenvalue weighted by Gasteiger charge is -2.26. The molecule has 2 N–H and O–H groups in total. The van der Waals surface area contributed by atoms with Gasteiger partial charge < -0.3 is 10.6 Å². The summed E-state index contributed by atoms with van der Waals surface area (Å²) in [5.41, 5.74) is 4.48. The molecule has 2 saturated carbocycles. The number of nitrogens with one attached hydrogen (secondary N) is 2. The monoisotopic (exact) mass is 353 g/mol. The quantitative estimate of drug-likeness (QED) is 0.668. The van der Waals surface area contributed by atoms with Crippen molar-refractivity contribution in [1.82, 2.24) is 10.3 Å². The molecule has 0 aliphatic heterocycles. The molecule has 2 aliphatic carbocycles. The van der Waals surface area contributed by atoms with Crippen LogP contribution in [-0.4, -0.2) is 11.5 Å². The van der Waals surface area contributed by atoms with Gasteiger partial charge in [-0.2, -0.15) is 0 Å². The number of hydrogen-bond acceptors (Lipinski definition) is 3. The summed E-state index contributed by atoms with van der Waals surface area (Å²) in [6, 6.07) is 9.89. The Balaban J connectivity index is 1.51. The normalized spacial score (nSPS) is 17.0. The maximum atomic E-state index is 6.07. The number of benzene rings is 1. The summed E-state index contributed by atoms with van der Waals surface area (Å²) >= 11 is 6.07. The molecular weight excluding hydrogens is 330 g/mol. The van der Waals surface area contributed by atoms with E-state index in [2.05, 4.69) is 28.3 Å². The molecule has 0 bridgehead atoms. The Kier molecular flexibility index (Phi) is 4.67. The molecule has 2 aromatic rings. The van der Waals surface area contributed by atoms with Crippen LogP contribution in [0.3, 0.4) is 0 Å². The highest BCUT2D eigenvalue weighted by molar-refractivity contribution is 6.30. The van der Waals surface area contributed by atoms with E-state index < -0.39 is 0 Å². The van der Waals surface area contributed by atoms with Crippen molar-refractivity contribution in [2.75, 3.05) is 11.9 Å². The third-order valence-corrected chi connectivity index (χ3v) is 5.44. The second-order valence-corrected chi connectivity index (χ2v) is 7.66. The molecule has 4 rings (SSSR count). The van der Waals surface area contributed by atoms with Crippen molar-refractivity contribution in [3.63, 3.8) is 0 Å². The molecule has 0 radical (unpaired) electrons. The summed E-state index contributed by atoms with van der Waals surface area (Å²) in [4.78, 5) is 4.60. The topological polar surface area (TPSA) is 37.0 Å². The predicted octanol–water partition coefficient (Wildman–Crippen LogP) is 5.72. The summed E-state index contributed by atoms with van der Waals surface area (Å²) < 4.78 is 0. The Bertz CT molecular complexity index is 778. The first-order valence-corrected chi connectivity index (χ1v) is 9.52. The number of halogens is 1. The molecule has 0 atom stereocenters. The Hall–Kier alpha value is -2.00. The highest BCUT2D eigenvalue weighted by atomic mass is 35.5. The van der Waals surface area contributed by atoms with Gasteiger partial charge in [0.25, 0.3) is 0 Å². The van der Waals surface area contributed by atoms with E-state index in [0.717, 1.165) is 34.7 Å². The highest BCUT2D eigenvalue weighted by Crippen LogP contribution is 2.43. The molecule has 0 unspecified atom stereocenters. The molecule has 2 fully saturated rings. The summed E-state index contributed by atoms with van der Waals surface area (Å²) in [6.07, 6.45) is 8.52. The third kappa shape index (κ3) is 3.98. The van der Waals surface area contributed by atoms with Crippen molar-refractivity contribution in [3.05, 3.63) is 59.3 Å². The van der Waals surface area contributed by atoms with Crippen LogP contribution in [0.2, 0.25) is 5.02 Å². The van der Waals surface area contributed by atoms with Crippen LogP contribution in [0.15, 0.2) is 43.1 Å². The largest absolute Gasteiger partial charge is 0.385 e. The van der Waals surface area contributed by atoms with Crippen LogP contribution in [0.4, 0.5) is 11.5 Å². The van der Waals surface area contributed by atoms with E-state index in [1.807, 2.05) is 30.5 Å². The Morgan fingerprint density at radius 1 is 1.20 bits per heavy atom. The van der Waals surface area contributed by atoms with Gasteiger partial charge in [0.05, 0.1) is 0 Å². The molecule has 1 aromatic carbocycles. The van der Waals surface area contributed by atoms with E-state index in [1.165, 1.54) is 43.2 Å². The molecule has 0 spiro atoms. The van der Waals surface area contributed by atoms with Gasteiger partial charge in [0.15, 0.2) is 0 Å². The summed E-state index contributed by atoms with van der Waals surface area (Å²) in [7, 11) is 0. The van der Waals surface area contributed by atoms with Crippen LogP contribution < -0.4 is 10.6 Å². The first kappa shape index (κ1) is 16.5. The maximum absolute atomic E-state index is 6.07. The standard InChI is InChI=1S/C21H24ClN3/c1-14(23-12-15-4-2-5-15)20-13-24-21(11-19(20)16-8-9-16)25-18-7-3-6-17(22)10-18/h3,6-7,10-11,13,15-16,23H,1-2,4-5,8-9,12H2,(H,24,25). The lowest BCUT2D eigenvalue weighted by Crippen LogP contribution is -2.26. The number of aromatic nitrogens is 1. The average molecular weight is 354 g/mol. The second-order valence-electron chi connectivity index (χ2n) is 7.22. The van der Waals surface area contributed by atoms with Gasteiger partial charge in [0.1, 0.15) is 5.82 Å². The van der Waals surface area contributed by atoms with E-state index in [4.69, 9.17) is 11.6 Å². The SMILES string of the molecule is C=C(NCC1CCC1)c1cnc(Nc2cccc(Cl)c2)cc1C1CC1. The van der Waals surface area contributed by atoms with Gasteiger partial charge in [0, 0.05) is 34.7 Å². The summed E-state index contributed by atoms with van der Waals surface area (Å²) in [6.45, 7) is 5.30. The van der Waals surface area contributed by atoms with E-state index in [9.17, 15) is 0 Å². The molecule has 3 nitrogen and oxygen atoms in total. The minimum Gasteiger partial charge on any atom is -0.385 e. The molecule has 130 valence electrons. The number of rotatable bonds is 7. The van der Waals surface area contributed by atoms with Crippen molar-refractivity contribution in [1.29, 1.82) is 0 Å². The number of hydrogen-bond donors (Lipinski definition) is 2. The zero-order chi connectivity index (χ0) is 17.2. The molecule has 1 aromatic heterocycles. The zero-order valence-corrected chi connectivity index (χ0v) is 15.1. The van der Waals surface area contributed by atoms with Gasteiger partial charge in [-0.15, -0.1) is 0 Å². The fourth-order valence-electron chi connectivity index (χ4n) is 3.30. The number of nitrogens with zero attached hydrogens (tertiary/aromatic N) is 1. The lowest BCUT2D eigenvalue weighted by atomic mass is 9.85. The van der Waals surface area contributed by atoms with Crippen LogP contribution in [0.5, 0.6) is 0 Å². The molecule has 1 heterocycles. The minimum absolute atomic E-state index is 0.639. The van der Waals surface area contributed by atoms with Gasteiger partial charge >= 0.3 is 0 Å². The van der Waals surface area contributed by atoms with Crippen molar-refractivity contribution >= 4 is 28.8 Å². The predicted molar refractivity (Wildman–Crippen MR) is 105 cm³/mol. The van der Waals surface area contributed by atoms with Crippen LogP contribution in [-0.2, 0) is 0 Å². The molecule has 4 heteroatoms. The maximum Gasteiger partial charge on any atom is 0.130 e. The molecule has 2 aliphatic rings. The Morgan fingerprint density at radius 3 is 2.72 bits per heavy atom. The van der Waals surface area contributed by atoms with Gasteiger partial charge in [-0.3, -0.25) is 0 Å². The van der Waals surface area contributed by atoms with E-state index in [1.54, 1.807) is 0 Å². The molecule has 0 saturated heterocycles. The fraction of sp³-hybridized carbons (Fsp3) is 0.381. The fourth-order valence-corrected chi connectivity index (χ4v) is 3.49. The van der Waals surface area contributed by atoms with Gasteiger partial charge in [0.2, 0.25) is 0 Å². The lowest BCUT2D eigenvalue weighted by molar-refractivity contribution is 0.314. The summed E-state index contributed by atoms with van der Waals surface area (Å²) in [5.74, 6) is 2.32. The van der Waals surface area contributed by atoms with Crippen molar-refractivity contribution < 1.29 is 0 Å². The van der Waals surface area contributed by atoms with Crippen molar-refractivity contribution in [2.45, 2.75) is 38.0 Å². The number of pyridine rings is 1. The van der Waals surface area contributed by atoms with E-state index in [-0.39, 0.29) is 0 Å². The molecule has 25 heavy (non-hydrogen) atoms. The third-order valence-electron chi connectivity index (χ3n) is 5.20. The zero-order valence-electron chi connectivity index (χ0n) is 14.4. The summed E-state index contributed by atoms with van der Waals surface area (Å²) in [5, 5.41) is 7.61. The number of anilines is 2. The van der Waals surface area contributed by atoms with Crippen LogP contribution in [0.1, 0.15) is 49.1 Å². The highest BCUT2D eigenvalue weighted by Gasteiger charge is 2.27. The second kappa shape index (κ2) is 7.09. The Labute approximate surface area is 154 Å². The van der Waals surface area contributed by atoms with E-state index in [0.29, 0.717) is 5.92 Å². The van der Waals surface area contributed by atoms with Gasteiger partial charge in [-0.1, -0.05) is 30.7 Å². The van der Waals surface area contributed by atoms with Crippen LogP contribution >= 0.6 is 11.6 Å². The average Bonchev–Trinajstić information content (AvgIpc) is 3.38. The van der Waals surface area contributed by atoms with Gasteiger partial charge in [-0.05, 0) is 67.3 Å². The van der Waals surface area contributed by atoms with Crippen molar-refractivity contribution in [2.24, 2.45) is 5.92 Å². The van der Waals surface area contributed by atoms with E-state index >= 15 is 0 Å².